The van der Waals surface area contributed by atoms with Gasteiger partial charge in [0.15, 0.2) is 6.29 Å². The van der Waals surface area contributed by atoms with Gasteiger partial charge in [0.25, 0.3) is 0 Å². The summed E-state index contributed by atoms with van der Waals surface area (Å²) in [5, 5.41) is 0. The Kier molecular flexibility index (Phi) is 2.81. The van der Waals surface area contributed by atoms with Gasteiger partial charge in [0.1, 0.15) is 5.82 Å². The zero-order valence-electron chi connectivity index (χ0n) is 7.52. The molecule has 1 aromatic rings. The van der Waals surface area contributed by atoms with Crippen molar-refractivity contribution in [1.82, 2.24) is 0 Å². The van der Waals surface area contributed by atoms with E-state index >= 15 is 0 Å². The van der Waals surface area contributed by atoms with E-state index in [0.717, 1.165) is 0 Å². The van der Waals surface area contributed by atoms with E-state index in [9.17, 15) is 9.18 Å². The first-order valence-corrected chi connectivity index (χ1v) is 3.87. The molecule has 0 spiro atoms. The minimum Gasteiger partial charge on any atom is -0.289 e. The van der Waals surface area contributed by atoms with Crippen LogP contribution in [0, 0.1) is 31.5 Å². The molecule has 0 N–H and O–H groups in total. The van der Waals surface area contributed by atoms with Gasteiger partial charge in [0, 0.05) is 5.56 Å². The van der Waals surface area contributed by atoms with Crippen LogP contribution >= 0.6 is 0 Å². The topological polar surface area (TPSA) is 17.1 Å². The molecule has 2 heteroatoms. The Bertz CT molecular complexity index is 373. The minimum absolute atomic E-state index is 0.211. The fourth-order valence-corrected chi connectivity index (χ4v) is 1.13. The molecular formula is C11H9FO. The third kappa shape index (κ3) is 2.16. The van der Waals surface area contributed by atoms with Gasteiger partial charge in [-0.3, -0.25) is 4.79 Å². The van der Waals surface area contributed by atoms with E-state index < -0.39 is 0 Å². The van der Waals surface area contributed by atoms with Crippen LogP contribution in [-0.4, -0.2) is 6.29 Å². The van der Waals surface area contributed by atoms with Gasteiger partial charge in [-0.2, -0.15) is 0 Å². The maximum atomic E-state index is 13.1. The van der Waals surface area contributed by atoms with Crippen molar-refractivity contribution < 1.29 is 9.18 Å². The van der Waals surface area contributed by atoms with E-state index in [2.05, 4.69) is 11.8 Å². The van der Waals surface area contributed by atoms with Crippen molar-refractivity contribution >= 4 is 6.29 Å². The molecule has 0 bridgehead atoms. The van der Waals surface area contributed by atoms with Gasteiger partial charge in [-0.25, -0.2) is 4.39 Å². The van der Waals surface area contributed by atoms with Crippen LogP contribution in [0.5, 0.6) is 0 Å². The quantitative estimate of drug-likeness (QED) is 0.436. The standard InChI is InChI=1S/C11H9FO/c1-8-6-10(4-3-5-13)7-9(2)11(8)12/h5-7H,1-2H3. The molecule has 1 rings (SSSR count). The monoisotopic (exact) mass is 176 g/mol. The lowest BCUT2D eigenvalue weighted by atomic mass is 10.1. The van der Waals surface area contributed by atoms with Crippen molar-refractivity contribution in [3.8, 4) is 11.8 Å². The molecule has 0 unspecified atom stereocenters. The van der Waals surface area contributed by atoms with Gasteiger partial charge in [-0.1, -0.05) is 5.92 Å². The van der Waals surface area contributed by atoms with Crippen molar-refractivity contribution in [2.75, 3.05) is 0 Å². The highest BCUT2D eigenvalue weighted by Gasteiger charge is 2.01. The van der Waals surface area contributed by atoms with E-state index in [0.29, 0.717) is 23.0 Å². The third-order valence-corrected chi connectivity index (χ3v) is 1.71. The molecule has 0 radical (unpaired) electrons. The maximum absolute atomic E-state index is 13.1. The maximum Gasteiger partial charge on any atom is 0.193 e. The Hall–Kier alpha value is -1.62. The number of aryl methyl sites for hydroxylation is 2. The molecule has 0 saturated carbocycles. The molecule has 1 nitrogen and oxygen atoms in total. The first-order chi connectivity index (χ1) is 6.15. The Balaban J connectivity index is 3.20. The fourth-order valence-electron chi connectivity index (χ4n) is 1.13. The van der Waals surface area contributed by atoms with Gasteiger partial charge in [0.05, 0.1) is 0 Å². The first kappa shape index (κ1) is 9.47. The van der Waals surface area contributed by atoms with E-state index in [4.69, 9.17) is 0 Å². The third-order valence-electron chi connectivity index (χ3n) is 1.71. The SMILES string of the molecule is Cc1cc(C#CC=O)cc(C)c1F. The Morgan fingerprint density at radius 2 is 1.85 bits per heavy atom. The normalized spacial score (nSPS) is 8.85. The average Bonchev–Trinajstić information content (AvgIpc) is 2.10. The Labute approximate surface area is 76.6 Å². The fraction of sp³-hybridized carbons (Fsp3) is 0.182. The predicted octanol–water partition coefficient (Wildman–Crippen LogP) is 1.99. The summed E-state index contributed by atoms with van der Waals surface area (Å²) in [6, 6.07) is 3.25. The second kappa shape index (κ2) is 3.86. The zero-order chi connectivity index (χ0) is 9.84. The lowest BCUT2D eigenvalue weighted by Gasteiger charge is -2.00. The summed E-state index contributed by atoms with van der Waals surface area (Å²) in [5.41, 5.74) is 1.77. The second-order valence-electron chi connectivity index (χ2n) is 2.81. The van der Waals surface area contributed by atoms with E-state index in [1.165, 1.54) is 0 Å². The van der Waals surface area contributed by atoms with E-state index in [1.54, 1.807) is 26.0 Å². The number of hydrogen-bond donors (Lipinski definition) is 0. The molecular weight excluding hydrogens is 167 g/mol. The Morgan fingerprint density at radius 3 is 2.31 bits per heavy atom. The predicted molar refractivity (Wildman–Crippen MR) is 48.8 cm³/mol. The van der Waals surface area contributed by atoms with Crippen molar-refractivity contribution in [3.63, 3.8) is 0 Å². The van der Waals surface area contributed by atoms with Gasteiger partial charge in [-0.05, 0) is 43.0 Å². The molecule has 0 aliphatic heterocycles. The molecule has 0 aliphatic carbocycles. The van der Waals surface area contributed by atoms with Crippen molar-refractivity contribution in [1.29, 1.82) is 0 Å². The highest BCUT2D eigenvalue weighted by molar-refractivity contribution is 5.74. The van der Waals surface area contributed by atoms with Crippen LogP contribution in [0.3, 0.4) is 0 Å². The van der Waals surface area contributed by atoms with Crippen molar-refractivity contribution in [3.05, 3.63) is 34.6 Å². The number of aldehydes is 1. The largest absolute Gasteiger partial charge is 0.289 e. The molecule has 0 aliphatic rings. The van der Waals surface area contributed by atoms with Crippen molar-refractivity contribution in [2.45, 2.75) is 13.8 Å². The highest BCUT2D eigenvalue weighted by atomic mass is 19.1. The van der Waals surface area contributed by atoms with Crippen LogP contribution in [0.15, 0.2) is 12.1 Å². The van der Waals surface area contributed by atoms with Gasteiger partial charge >= 0.3 is 0 Å². The zero-order valence-corrected chi connectivity index (χ0v) is 7.52. The van der Waals surface area contributed by atoms with Gasteiger partial charge < -0.3 is 0 Å². The van der Waals surface area contributed by atoms with Crippen LogP contribution in [0.2, 0.25) is 0 Å². The molecule has 66 valence electrons. The number of hydrogen-bond acceptors (Lipinski definition) is 1. The summed E-state index contributed by atoms with van der Waals surface area (Å²) in [5.74, 6) is 4.69. The number of carbonyl (C=O) groups is 1. The lowest BCUT2D eigenvalue weighted by molar-refractivity contribution is -0.103. The minimum atomic E-state index is -0.211. The van der Waals surface area contributed by atoms with Gasteiger partial charge in [0.2, 0.25) is 0 Å². The molecule has 0 heterocycles. The van der Waals surface area contributed by atoms with Gasteiger partial charge in [-0.15, -0.1) is 0 Å². The summed E-state index contributed by atoms with van der Waals surface area (Å²) in [6.45, 7) is 3.35. The number of benzene rings is 1. The summed E-state index contributed by atoms with van der Waals surface area (Å²) in [4.78, 5) is 9.97. The van der Waals surface area contributed by atoms with E-state index in [1.807, 2.05) is 0 Å². The lowest BCUT2D eigenvalue weighted by Crippen LogP contribution is -1.89. The van der Waals surface area contributed by atoms with Crippen LogP contribution in [0.1, 0.15) is 16.7 Å². The van der Waals surface area contributed by atoms with Crippen LogP contribution in [-0.2, 0) is 4.79 Å². The number of carbonyl (C=O) groups excluding carboxylic acids is 1. The average molecular weight is 176 g/mol. The van der Waals surface area contributed by atoms with Crippen LogP contribution < -0.4 is 0 Å². The smallest absolute Gasteiger partial charge is 0.193 e. The summed E-state index contributed by atoms with van der Waals surface area (Å²) < 4.78 is 13.1. The Morgan fingerprint density at radius 1 is 1.31 bits per heavy atom. The molecule has 13 heavy (non-hydrogen) atoms. The molecule has 0 aromatic heterocycles. The second-order valence-corrected chi connectivity index (χ2v) is 2.81. The van der Waals surface area contributed by atoms with E-state index in [-0.39, 0.29) is 5.82 Å². The molecule has 0 saturated heterocycles. The summed E-state index contributed by atoms with van der Waals surface area (Å²) >= 11 is 0. The number of halogens is 1. The molecule has 0 amide bonds. The summed E-state index contributed by atoms with van der Waals surface area (Å²) in [7, 11) is 0. The number of rotatable bonds is 0. The highest BCUT2D eigenvalue weighted by Crippen LogP contribution is 2.13. The molecule has 0 fully saturated rings. The molecule has 1 aromatic carbocycles. The molecule has 0 atom stereocenters. The first-order valence-electron chi connectivity index (χ1n) is 3.87. The van der Waals surface area contributed by atoms with Crippen LogP contribution in [0.25, 0.3) is 0 Å². The van der Waals surface area contributed by atoms with Crippen LogP contribution in [0.4, 0.5) is 4.39 Å². The van der Waals surface area contributed by atoms with Crippen molar-refractivity contribution in [2.24, 2.45) is 0 Å². The summed E-state index contributed by atoms with van der Waals surface area (Å²) in [6.07, 6.45) is 0.522.